The molecule has 0 spiro atoms. The van der Waals surface area contributed by atoms with Gasteiger partial charge in [0.1, 0.15) is 0 Å². The van der Waals surface area contributed by atoms with E-state index in [9.17, 15) is 4.79 Å². The molecule has 1 aromatic rings. The van der Waals surface area contributed by atoms with Gasteiger partial charge in [0, 0.05) is 19.6 Å². The van der Waals surface area contributed by atoms with Crippen molar-refractivity contribution in [1.29, 1.82) is 0 Å². The average molecular weight is 280 g/mol. The number of nitrogens with zero attached hydrogens (tertiary/aromatic N) is 4. The van der Waals surface area contributed by atoms with Gasteiger partial charge in [0.05, 0.1) is 6.20 Å². The zero-order valence-corrected chi connectivity index (χ0v) is 12.3. The third kappa shape index (κ3) is 4.57. The van der Waals surface area contributed by atoms with Crippen molar-refractivity contribution < 1.29 is 4.79 Å². The topological polar surface area (TPSA) is 75.1 Å². The number of carbonyl (C=O) groups is 1. The van der Waals surface area contributed by atoms with E-state index >= 15 is 0 Å². The largest absolute Gasteiger partial charge is 0.349 e. The Balaban J connectivity index is 1.80. The number of aromatic nitrogens is 3. The fraction of sp³-hybridized carbons (Fsp3) is 0.769. The molecule has 2 N–H and O–H groups in total. The molecule has 7 heteroatoms. The smallest absolute Gasteiger partial charge is 0.273 e. The number of nitrogens with one attached hydrogen (secondary N) is 2. The zero-order chi connectivity index (χ0) is 14.4. The van der Waals surface area contributed by atoms with Crippen LogP contribution in [0.1, 0.15) is 23.3 Å². The molecule has 0 aliphatic carbocycles. The van der Waals surface area contributed by atoms with Crippen LogP contribution in [-0.2, 0) is 6.54 Å². The van der Waals surface area contributed by atoms with Crippen LogP contribution in [0.5, 0.6) is 0 Å². The Kier molecular flexibility index (Phi) is 5.49. The summed E-state index contributed by atoms with van der Waals surface area (Å²) in [5, 5.41) is 14.2. The molecular weight excluding hydrogens is 256 g/mol. The molecule has 7 nitrogen and oxygen atoms in total. The second-order valence-electron chi connectivity index (χ2n) is 5.60. The van der Waals surface area contributed by atoms with Gasteiger partial charge in [-0.25, -0.2) is 0 Å². The molecule has 1 aromatic heterocycles. The summed E-state index contributed by atoms with van der Waals surface area (Å²) in [6, 6.07) is 0. The Hall–Kier alpha value is -1.47. The SMILES string of the molecule is CN(C)CCNC(=O)c1cn(CC2CCCNC2)nn1. The van der Waals surface area contributed by atoms with Gasteiger partial charge in [0.2, 0.25) is 0 Å². The van der Waals surface area contributed by atoms with Crippen molar-refractivity contribution in [3.05, 3.63) is 11.9 Å². The number of rotatable bonds is 6. The zero-order valence-electron chi connectivity index (χ0n) is 12.3. The Labute approximate surface area is 119 Å². The standard InChI is InChI=1S/C13H24N6O/c1-18(2)7-6-15-13(20)12-10-19(17-16-12)9-11-4-3-5-14-8-11/h10-11,14H,3-9H2,1-2H3,(H,15,20). The first-order valence-corrected chi connectivity index (χ1v) is 7.19. The van der Waals surface area contributed by atoms with E-state index in [0.29, 0.717) is 18.2 Å². The highest BCUT2D eigenvalue weighted by molar-refractivity contribution is 5.91. The number of likely N-dealkylation sites (N-methyl/N-ethyl adjacent to an activating group) is 1. The lowest BCUT2D eigenvalue weighted by Crippen LogP contribution is -2.32. The number of carbonyl (C=O) groups excluding carboxylic acids is 1. The Bertz CT molecular complexity index is 424. The summed E-state index contributed by atoms with van der Waals surface area (Å²) in [7, 11) is 3.95. The van der Waals surface area contributed by atoms with Crippen LogP contribution in [0.25, 0.3) is 0 Å². The average Bonchev–Trinajstić information content (AvgIpc) is 2.88. The lowest BCUT2D eigenvalue weighted by atomic mass is 10.00. The second-order valence-corrected chi connectivity index (χ2v) is 5.60. The monoisotopic (exact) mass is 280 g/mol. The van der Waals surface area contributed by atoms with Gasteiger partial charge in [0.25, 0.3) is 5.91 Å². The van der Waals surface area contributed by atoms with Crippen molar-refractivity contribution >= 4 is 5.91 Å². The van der Waals surface area contributed by atoms with Crippen molar-refractivity contribution in [2.75, 3.05) is 40.3 Å². The van der Waals surface area contributed by atoms with Gasteiger partial charge >= 0.3 is 0 Å². The molecule has 1 atom stereocenters. The first-order valence-electron chi connectivity index (χ1n) is 7.19. The van der Waals surface area contributed by atoms with Crippen LogP contribution < -0.4 is 10.6 Å². The summed E-state index contributed by atoms with van der Waals surface area (Å²) in [6.45, 7) is 4.38. The van der Waals surface area contributed by atoms with E-state index < -0.39 is 0 Å². The maximum Gasteiger partial charge on any atom is 0.273 e. The molecule has 1 saturated heterocycles. The third-order valence-corrected chi connectivity index (χ3v) is 3.46. The Morgan fingerprint density at radius 1 is 1.60 bits per heavy atom. The van der Waals surface area contributed by atoms with Crippen molar-refractivity contribution in [3.8, 4) is 0 Å². The molecule has 1 amide bonds. The second kappa shape index (κ2) is 7.35. The highest BCUT2D eigenvalue weighted by atomic mass is 16.2. The normalized spacial score (nSPS) is 19.2. The predicted molar refractivity (Wildman–Crippen MR) is 76.5 cm³/mol. The van der Waals surface area contributed by atoms with Crippen LogP contribution in [0.3, 0.4) is 0 Å². The lowest BCUT2D eigenvalue weighted by molar-refractivity contribution is 0.0946. The van der Waals surface area contributed by atoms with Crippen molar-refractivity contribution in [3.63, 3.8) is 0 Å². The quantitative estimate of drug-likeness (QED) is 0.739. The molecule has 1 aliphatic rings. The highest BCUT2D eigenvalue weighted by Gasteiger charge is 2.16. The van der Waals surface area contributed by atoms with Crippen molar-refractivity contribution in [1.82, 2.24) is 30.5 Å². The van der Waals surface area contributed by atoms with Crippen LogP contribution in [-0.4, -0.2) is 66.1 Å². The molecule has 0 bridgehead atoms. The number of hydrogen-bond acceptors (Lipinski definition) is 5. The summed E-state index contributed by atoms with van der Waals surface area (Å²) < 4.78 is 1.78. The Morgan fingerprint density at radius 3 is 3.15 bits per heavy atom. The summed E-state index contributed by atoms with van der Waals surface area (Å²) in [5.41, 5.74) is 0.396. The number of amides is 1. The minimum absolute atomic E-state index is 0.153. The summed E-state index contributed by atoms with van der Waals surface area (Å²) >= 11 is 0. The minimum Gasteiger partial charge on any atom is -0.349 e. The fourth-order valence-electron chi connectivity index (χ4n) is 2.32. The molecule has 0 radical (unpaired) electrons. The van der Waals surface area contributed by atoms with E-state index in [4.69, 9.17) is 0 Å². The first kappa shape index (κ1) is 14.9. The summed E-state index contributed by atoms with van der Waals surface area (Å²) in [6.07, 6.45) is 4.15. The van der Waals surface area contributed by atoms with E-state index in [2.05, 4.69) is 20.9 Å². The van der Waals surface area contributed by atoms with Gasteiger partial charge in [-0.15, -0.1) is 5.10 Å². The van der Waals surface area contributed by atoms with Crippen LogP contribution in [0.15, 0.2) is 6.20 Å². The molecule has 20 heavy (non-hydrogen) atoms. The van der Waals surface area contributed by atoms with E-state index in [1.807, 2.05) is 19.0 Å². The molecule has 112 valence electrons. The molecule has 1 aliphatic heterocycles. The minimum atomic E-state index is -0.153. The lowest BCUT2D eigenvalue weighted by Gasteiger charge is -2.22. The number of hydrogen-bond donors (Lipinski definition) is 2. The summed E-state index contributed by atoms with van der Waals surface area (Å²) in [4.78, 5) is 13.9. The molecule has 1 fully saturated rings. The predicted octanol–water partition coefficient (Wildman–Crippen LogP) is -0.431. The molecule has 2 heterocycles. The van der Waals surface area contributed by atoms with E-state index in [1.165, 1.54) is 12.8 Å². The van der Waals surface area contributed by atoms with Gasteiger partial charge in [-0.3, -0.25) is 9.48 Å². The van der Waals surface area contributed by atoms with Gasteiger partial charge in [0.15, 0.2) is 5.69 Å². The van der Waals surface area contributed by atoms with Gasteiger partial charge in [-0.05, 0) is 45.9 Å². The van der Waals surface area contributed by atoms with Crippen molar-refractivity contribution in [2.24, 2.45) is 5.92 Å². The molecule has 1 unspecified atom stereocenters. The highest BCUT2D eigenvalue weighted by Crippen LogP contribution is 2.11. The van der Waals surface area contributed by atoms with Crippen LogP contribution in [0.4, 0.5) is 0 Å². The van der Waals surface area contributed by atoms with Gasteiger partial charge in [-0.2, -0.15) is 0 Å². The van der Waals surface area contributed by atoms with E-state index in [0.717, 1.165) is 26.2 Å². The van der Waals surface area contributed by atoms with Gasteiger partial charge < -0.3 is 15.5 Å². The fourth-order valence-corrected chi connectivity index (χ4v) is 2.32. The van der Waals surface area contributed by atoms with Gasteiger partial charge in [-0.1, -0.05) is 5.21 Å². The first-order chi connectivity index (χ1) is 9.65. The Morgan fingerprint density at radius 2 is 2.45 bits per heavy atom. The number of piperidine rings is 1. The maximum absolute atomic E-state index is 11.9. The van der Waals surface area contributed by atoms with Crippen LogP contribution >= 0.6 is 0 Å². The van der Waals surface area contributed by atoms with E-state index in [1.54, 1.807) is 10.9 Å². The van der Waals surface area contributed by atoms with Crippen molar-refractivity contribution in [2.45, 2.75) is 19.4 Å². The molecule has 0 saturated carbocycles. The molecule has 2 rings (SSSR count). The van der Waals surface area contributed by atoms with Crippen LogP contribution in [0, 0.1) is 5.92 Å². The van der Waals surface area contributed by atoms with Crippen LogP contribution in [0.2, 0.25) is 0 Å². The summed E-state index contributed by atoms with van der Waals surface area (Å²) in [5.74, 6) is 0.426. The van der Waals surface area contributed by atoms with E-state index in [-0.39, 0.29) is 5.91 Å². The third-order valence-electron chi connectivity index (χ3n) is 3.46. The molecular formula is C13H24N6O. The maximum atomic E-state index is 11.9. The molecule has 0 aromatic carbocycles.